The highest BCUT2D eigenvalue weighted by atomic mass is 16.1. The average molecular weight is 234 g/mol. The zero-order valence-corrected chi connectivity index (χ0v) is 9.93. The summed E-state index contributed by atoms with van der Waals surface area (Å²) in [6.07, 6.45) is 6.03. The van der Waals surface area contributed by atoms with Gasteiger partial charge >= 0.3 is 0 Å². The van der Waals surface area contributed by atoms with Crippen LogP contribution in [0.15, 0.2) is 17.2 Å². The van der Waals surface area contributed by atoms with Crippen LogP contribution < -0.4 is 10.5 Å². The Bertz CT molecular complexity index is 432. The van der Waals surface area contributed by atoms with Crippen LogP contribution in [0.3, 0.4) is 0 Å². The summed E-state index contributed by atoms with van der Waals surface area (Å²) in [7, 11) is 0. The molecule has 0 amide bonds. The first-order chi connectivity index (χ1) is 8.33. The molecule has 1 saturated heterocycles. The molecule has 5 nitrogen and oxygen atoms in total. The molecule has 1 N–H and O–H groups in total. The molecule has 5 heteroatoms. The lowest BCUT2D eigenvalue weighted by Crippen LogP contribution is -2.48. The zero-order valence-electron chi connectivity index (χ0n) is 9.93. The number of aromatic nitrogens is 2. The Kier molecular flexibility index (Phi) is 2.84. The van der Waals surface area contributed by atoms with Gasteiger partial charge in [-0.05, 0) is 18.8 Å². The van der Waals surface area contributed by atoms with Crippen LogP contribution in [0.25, 0.3) is 0 Å². The van der Waals surface area contributed by atoms with Gasteiger partial charge in [0.25, 0.3) is 5.56 Å². The van der Waals surface area contributed by atoms with E-state index in [0.29, 0.717) is 5.82 Å². The van der Waals surface area contributed by atoms with Crippen molar-refractivity contribution in [2.75, 3.05) is 37.6 Å². The Morgan fingerprint density at radius 1 is 1.29 bits per heavy atom. The molecule has 1 aliphatic carbocycles. The van der Waals surface area contributed by atoms with E-state index in [4.69, 9.17) is 0 Å². The number of H-pyrrole nitrogens is 1. The Labute approximate surface area is 100 Å². The lowest BCUT2D eigenvalue weighted by molar-refractivity contribution is 0.247. The average Bonchev–Trinajstić information content (AvgIpc) is 3.15. The molecule has 2 fully saturated rings. The molecule has 0 radical (unpaired) electrons. The smallest absolute Gasteiger partial charge is 0.290 e. The van der Waals surface area contributed by atoms with Crippen LogP contribution in [0.5, 0.6) is 0 Å². The molecule has 1 aliphatic heterocycles. The van der Waals surface area contributed by atoms with Gasteiger partial charge in [-0.15, -0.1) is 0 Å². The van der Waals surface area contributed by atoms with Crippen molar-refractivity contribution in [2.24, 2.45) is 5.92 Å². The summed E-state index contributed by atoms with van der Waals surface area (Å²) < 4.78 is 0. The standard InChI is InChI=1S/C12H18N4O/c17-12-11(13-3-4-14-12)16-7-5-15(6-8-16)9-10-1-2-10/h3-4,10H,1-2,5-9H2,(H,14,17). The summed E-state index contributed by atoms with van der Waals surface area (Å²) in [5.41, 5.74) is -0.0804. The Morgan fingerprint density at radius 3 is 2.71 bits per heavy atom. The molecule has 17 heavy (non-hydrogen) atoms. The largest absolute Gasteiger partial charge is 0.349 e. The van der Waals surface area contributed by atoms with Crippen molar-refractivity contribution < 1.29 is 0 Å². The third kappa shape index (κ3) is 2.49. The van der Waals surface area contributed by atoms with Crippen molar-refractivity contribution in [3.63, 3.8) is 0 Å². The van der Waals surface area contributed by atoms with Crippen LogP contribution in [0.2, 0.25) is 0 Å². The van der Waals surface area contributed by atoms with E-state index in [2.05, 4.69) is 19.8 Å². The van der Waals surface area contributed by atoms with Crippen molar-refractivity contribution >= 4 is 5.82 Å². The monoisotopic (exact) mass is 234 g/mol. The van der Waals surface area contributed by atoms with Gasteiger partial charge in [-0.25, -0.2) is 4.98 Å². The number of hydrogen-bond acceptors (Lipinski definition) is 4. The normalized spacial score (nSPS) is 21.8. The fourth-order valence-corrected chi connectivity index (χ4v) is 2.38. The van der Waals surface area contributed by atoms with E-state index >= 15 is 0 Å². The fraction of sp³-hybridized carbons (Fsp3) is 0.667. The van der Waals surface area contributed by atoms with Crippen molar-refractivity contribution in [3.8, 4) is 0 Å². The van der Waals surface area contributed by atoms with Gasteiger partial charge in [0, 0.05) is 45.1 Å². The van der Waals surface area contributed by atoms with E-state index in [1.54, 1.807) is 12.4 Å². The van der Waals surface area contributed by atoms with Crippen LogP contribution in [-0.4, -0.2) is 47.6 Å². The first kappa shape index (κ1) is 10.8. The van der Waals surface area contributed by atoms with Crippen molar-refractivity contribution in [2.45, 2.75) is 12.8 Å². The van der Waals surface area contributed by atoms with E-state index in [1.165, 1.54) is 19.4 Å². The summed E-state index contributed by atoms with van der Waals surface area (Å²) in [6, 6.07) is 0. The number of rotatable bonds is 3. The minimum Gasteiger partial charge on any atom is -0.349 e. The molecule has 0 spiro atoms. The van der Waals surface area contributed by atoms with Crippen LogP contribution in [0.1, 0.15) is 12.8 Å². The van der Waals surface area contributed by atoms with Crippen molar-refractivity contribution in [1.29, 1.82) is 0 Å². The molecule has 1 saturated carbocycles. The minimum absolute atomic E-state index is 0.0804. The molecule has 2 aliphatic rings. The molecule has 0 unspecified atom stereocenters. The first-order valence-electron chi connectivity index (χ1n) is 6.34. The summed E-state index contributed by atoms with van der Waals surface area (Å²) in [4.78, 5) is 23.0. The first-order valence-corrected chi connectivity index (χ1v) is 6.34. The second kappa shape index (κ2) is 4.49. The van der Waals surface area contributed by atoms with E-state index in [0.717, 1.165) is 32.1 Å². The molecular weight excluding hydrogens is 216 g/mol. The summed E-state index contributed by atoms with van der Waals surface area (Å²) in [5.74, 6) is 1.51. The summed E-state index contributed by atoms with van der Waals surface area (Å²) in [6.45, 7) is 5.16. The zero-order chi connectivity index (χ0) is 11.7. The maximum atomic E-state index is 11.6. The lowest BCUT2D eigenvalue weighted by atomic mass is 10.3. The highest BCUT2D eigenvalue weighted by Gasteiger charge is 2.27. The van der Waals surface area contributed by atoms with Gasteiger partial charge in [0.2, 0.25) is 0 Å². The van der Waals surface area contributed by atoms with Gasteiger partial charge in [-0.1, -0.05) is 0 Å². The highest BCUT2D eigenvalue weighted by Crippen LogP contribution is 2.29. The number of nitrogens with one attached hydrogen (secondary N) is 1. The molecule has 0 aromatic carbocycles. The molecule has 0 bridgehead atoms. The number of aromatic amines is 1. The van der Waals surface area contributed by atoms with Gasteiger partial charge in [-0.3, -0.25) is 9.69 Å². The minimum atomic E-state index is -0.0804. The van der Waals surface area contributed by atoms with E-state index in [9.17, 15) is 4.79 Å². The van der Waals surface area contributed by atoms with Crippen molar-refractivity contribution in [3.05, 3.63) is 22.7 Å². The second-order valence-corrected chi connectivity index (χ2v) is 4.97. The third-order valence-electron chi connectivity index (χ3n) is 3.57. The van der Waals surface area contributed by atoms with Gasteiger partial charge in [-0.2, -0.15) is 0 Å². The summed E-state index contributed by atoms with van der Waals surface area (Å²) >= 11 is 0. The van der Waals surface area contributed by atoms with Crippen LogP contribution in [0, 0.1) is 5.92 Å². The predicted molar refractivity (Wildman–Crippen MR) is 66.2 cm³/mol. The van der Waals surface area contributed by atoms with Crippen LogP contribution in [0.4, 0.5) is 5.82 Å². The van der Waals surface area contributed by atoms with Gasteiger partial charge in [0.1, 0.15) is 0 Å². The molecule has 1 aromatic rings. The SMILES string of the molecule is O=c1[nH]ccnc1N1CCN(CC2CC2)CC1. The number of piperazine rings is 1. The maximum absolute atomic E-state index is 11.6. The quantitative estimate of drug-likeness (QED) is 0.817. The third-order valence-corrected chi connectivity index (χ3v) is 3.57. The van der Waals surface area contributed by atoms with E-state index < -0.39 is 0 Å². The van der Waals surface area contributed by atoms with E-state index in [1.807, 2.05) is 0 Å². The molecule has 3 rings (SSSR count). The lowest BCUT2D eigenvalue weighted by Gasteiger charge is -2.34. The summed E-state index contributed by atoms with van der Waals surface area (Å²) in [5, 5.41) is 0. The molecule has 1 aromatic heterocycles. The van der Waals surface area contributed by atoms with Gasteiger partial charge in [0.15, 0.2) is 5.82 Å². The van der Waals surface area contributed by atoms with Gasteiger partial charge < -0.3 is 9.88 Å². The molecule has 2 heterocycles. The van der Waals surface area contributed by atoms with Crippen LogP contribution in [-0.2, 0) is 0 Å². The number of nitrogens with zero attached hydrogens (tertiary/aromatic N) is 3. The number of anilines is 1. The number of hydrogen-bond donors (Lipinski definition) is 1. The Balaban J connectivity index is 1.60. The molecule has 0 atom stereocenters. The topological polar surface area (TPSA) is 52.2 Å². The van der Waals surface area contributed by atoms with E-state index in [-0.39, 0.29) is 5.56 Å². The van der Waals surface area contributed by atoms with Crippen molar-refractivity contribution in [1.82, 2.24) is 14.9 Å². The van der Waals surface area contributed by atoms with Crippen LogP contribution >= 0.6 is 0 Å². The maximum Gasteiger partial charge on any atom is 0.290 e. The fourth-order valence-electron chi connectivity index (χ4n) is 2.38. The predicted octanol–water partition coefficient (Wildman–Crippen LogP) is 0.302. The second-order valence-electron chi connectivity index (χ2n) is 4.97. The van der Waals surface area contributed by atoms with Gasteiger partial charge in [0.05, 0.1) is 0 Å². The molecule has 92 valence electrons. The highest BCUT2D eigenvalue weighted by molar-refractivity contribution is 5.35. The molecular formula is C12H18N4O. The Hall–Kier alpha value is -1.36. The Morgan fingerprint density at radius 2 is 2.06 bits per heavy atom.